The molecule has 2 unspecified atom stereocenters. The number of thioether (sulfide) groups is 1. The summed E-state index contributed by atoms with van der Waals surface area (Å²) in [6, 6.07) is 0. The van der Waals surface area contributed by atoms with Gasteiger partial charge in [0.25, 0.3) is 0 Å². The third kappa shape index (κ3) is 6.89. The molecular weight excluding hydrogens is 260 g/mol. The Kier molecular flexibility index (Phi) is 8.95. The van der Waals surface area contributed by atoms with Crippen molar-refractivity contribution in [1.82, 2.24) is 0 Å². The molecule has 0 spiro atoms. The maximum absolute atomic E-state index is 11.7. The molecule has 0 radical (unpaired) electrons. The molecule has 0 aliphatic rings. The van der Waals surface area contributed by atoms with Crippen LogP contribution in [0.15, 0.2) is 0 Å². The van der Waals surface area contributed by atoms with Crippen LogP contribution < -0.4 is 0 Å². The van der Waals surface area contributed by atoms with Crippen molar-refractivity contribution in [2.45, 2.75) is 44.8 Å². The van der Waals surface area contributed by atoms with E-state index in [-0.39, 0.29) is 23.9 Å². The van der Waals surface area contributed by atoms with Gasteiger partial charge in [-0.1, -0.05) is 13.8 Å². The van der Waals surface area contributed by atoms with Crippen molar-refractivity contribution in [3.63, 3.8) is 0 Å². The van der Waals surface area contributed by atoms with E-state index < -0.39 is 0 Å². The van der Waals surface area contributed by atoms with Crippen molar-refractivity contribution >= 4 is 17.7 Å². The van der Waals surface area contributed by atoms with E-state index in [1.807, 2.05) is 0 Å². The Labute approximate surface area is 121 Å². The molecule has 19 heavy (non-hydrogen) atoms. The highest BCUT2D eigenvalue weighted by atomic mass is 32.2. The molecule has 3 nitrogen and oxygen atoms in total. The first-order valence-corrected chi connectivity index (χ1v) is 7.86. The number of terminal acetylenes is 1. The van der Waals surface area contributed by atoms with Gasteiger partial charge < -0.3 is 9.84 Å². The largest absolute Gasteiger partial charge is 0.469 e. The molecule has 3 atom stereocenters. The number of aliphatic hydroxyl groups is 1. The zero-order chi connectivity index (χ0) is 14.9. The van der Waals surface area contributed by atoms with Crippen LogP contribution in [-0.2, 0) is 9.53 Å². The molecule has 0 aliphatic heterocycles. The second-order valence-corrected chi connectivity index (χ2v) is 6.65. The molecule has 0 bridgehead atoms. The van der Waals surface area contributed by atoms with Crippen LogP contribution in [0, 0.1) is 23.7 Å². The number of methoxy groups -OCH3 is 1. The highest BCUT2D eigenvalue weighted by Gasteiger charge is 2.32. The number of carbonyl (C=O) groups is 1. The average Bonchev–Trinajstić information content (AvgIpc) is 2.37. The minimum atomic E-state index is -0.276. The van der Waals surface area contributed by atoms with Crippen molar-refractivity contribution in [1.29, 1.82) is 0 Å². The van der Waals surface area contributed by atoms with E-state index in [0.29, 0.717) is 24.5 Å². The molecule has 110 valence electrons. The molecule has 0 aromatic heterocycles. The number of rotatable bonds is 9. The minimum absolute atomic E-state index is 0.00994. The van der Waals surface area contributed by atoms with Crippen LogP contribution in [0.4, 0.5) is 0 Å². The monoisotopic (exact) mass is 286 g/mol. The first kappa shape index (κ1) is 18.3. The summed E-state index contributed by atoms with van der Waals surface area (Å²) in [5.41, 5.74) is -0.0921. The van der Waals surface area contributed by atoms with Gasteiger partial charge in [0.05, 0.1) is 13.0 Å². The first-order valence-electron chi connectivity index (χ1n) is 6.57. The molecule has 0 aliphatic carbocycles. The summed E-state index contributed by atoms with van der Waals surface area (Å²) >= 11 is 1.80. The molecule has 1 N–H and O–H groups in total. The van der Waals surface area contributed by atoms with E-state index >= 15 is 0 Å². The predicted molar refractivity (Wildman–Crippen MR) is 81.0 cm³/mol. The Bertz CT molecular complexity index is 311. The number of aliphatic hydroxyl groups excluding tert-OH is 1. The molecule has 0 saturated carbocycles. The standard InChI is InChI=1S/C15H26O3S/c1-6-8-15(3,10-12(2)19-5)11-13(7-9-16)14(17)18-4/h1,12-13,16H,7-11H2,2-5H3/t12?,13?,15-/m1/s1. The second-order valence-electron chi connectivity index (χ2n) is 5.38. The van der Waals surface area contributed by atoms with Gasteiger partial charge in [-0.15, -0.1) is 12.3 Å². The molecule has 0 rings (SSSR count). The number of carbonyl (C=O) groups excluding carboxylic acids is 1. The number of ether oxygens (including phenoxy) is 1. The van der Waals surface area contributed by atoms with Gasteiger partial charge >= 0.3 is 5.97 Å². The summed E-state index contributed by atoms with van der Waals surface area (Å²) in [6.07, 6.45) is 10.2. The normalized spacial score (nSPS) is 17.1. The van der Waals surface area contributed by atoms with E-state index in [9.17, 15) is 4.79 Å². The van der Waals surface area contributed by atoms with Crippen molar-refractivity contribution in [2.24, 2.45) is 11.3 Å². The topological polar surface area (TPSA) is 46.5 Å². The summed E-state index contributed by atoms with van der Waals surface area (Å²) < 4.78 is 4.81. The number of hydrogen-bond acceptors (Lipinski definition) is 4. The fraction of sp³-hybridized carbons (Fsp3) is 0.800. The van der Waals surface area contributed by atoms with Crippen molar-refractivity contribution in [2.75, 3.05) is 20.0 Å². The minimum Gasteiger partial charge on any atom is -0.469 e. The van der Waals surface area contributed by atoms with Crippen LogP contribution in [0.3, 0.4) is 0 Å². The van der Waals surface area contributed by atoms with E-state index in [1.165, 1.54) is 7.11 Å². The molecule has 0 aromatic rings. The smallest absolute Gasteiger partial charge is 0.308 e. The maximum Gasteiger partial charge on any atom is 0.308 e. The molecule has 4 heteroatoms. The average molecular weight is 286 g/mol. The highest BCUT2D eigenvalue weighted by molar-refractivity contribution is 7.99. The van der Waals surface area contributed by atoms with E-state index in [0.717, 1.165) is 6.42 Å². The fourth-order valence-electron chi connectivity index (χ4n) is 2.47. The molecule has 0 fully saturated rings. The quantitative estimate of drug-likeness (QED) is 0.523. The van der Waals surface area contributed by atoms with Gasteiger partial charge in [-0.05, 0) is 30.9 Å². The van der Waals surface area contributed by atoms with Gasteiger partial charge in [-0.25, -0.2) is 0 Å². The van der Waals surface area contributed by atoms with E-state index in [4.69, 9.17) is 16.3 Å². The molecule has 0 heterocycles. The Morgan fingerprint density at radius 3 is 2.58 bits per heavy atom. The Morgan fingerprint density at radius 1 is 1.53 bits per heavy atom. The lowest BCUT2D eigenvalue weighted by Gasteiger charge is -2.33. The number of hydrogen-bond donors (Lipinski definition) is 1. The summed E-state index contributed by atoms with van der Waals surface area (Å²) in [5.74, 6) is 2.19. The SMILES string of the molecule is C#CC[C@](C)(CC(C)SC)CC(CCO)C(=O)OC. The van der Waals surface area contributed by atoms with Gasteiger partial charge in [0.2, 0.25) is 0 Å². The summed E-state index contributed by atoms with van der Waals surface area (Å²) in [5, 5.41) is 9.58. The van der Waals surface area contributed by atoms with Crippen LogP contribution in [0.5, 0.6) is 0 Å². The Morgan fingerprint density at radius 2 is 2.16 bits per heavy atom. The zero-order valence-corrected chi connectivity index (χ0v) is 13.3. The maximum atomic E-state index is 11.7. The first-order chi connectivity index (χ1) is 8.92. The lowest BCUT2D eigenvalue weighted by atomic mass is 9.74. The van der Waals surface area contributed by atoms with Crippen LogP contribution in [0.1, 0.15) is 39.5 Å². The van der Waals surface area contributed by atoms with Gasteiger partial charge in [0.15, 0.2) is 0 Å². The summed E-state index contributed by atoms with van der Waals surface area (Å²) in [7, 11) is 1.38. The third-order valence-corrected chi connectivity index (χ3v) is 4.43. The van der Waals surface area contributed by atoms with Crippen LogP contribution in [0.2, 0.25) is 0 Å². The lowest BCUT2D eigenvalue weighted by molar-refractivity contribution is -0.147. The number of esters is 1. The van der Waals surface area contributed by atoms with Crippen LogP contribution in [0.25, 0.3) is 0 Å². The van der Waals surface area contributed by atoms with Crippen LogP contribution in [-0.4, -0.2) is 36.3 Å². The van der Waals surface area contributed by atoms with Gasteiger partial charge in [0.1, 0.15) is 0 Å². The molecular formula is C15H26O3S. The Hall–Kier alpha value is -0.660. The van der Waals surface area contributed by atoms with Gasteiger partial charge in [0, 0.05) is 18.3 Å². The highest BCUT2D eigenvalue weighted by Crippen LogP contribution is 2.38. The Balaban J connectivity index is 4.85. The van der Waals surface area contributed by atoms with E-state index in [2.05, 4.69) is 26.0 Å². The van der Waals surface area contributed by atoms with E-state index in [1.54, 1.807) is 11.8 Å². The molecule has 0 amide bonds. The zero-order valence-electron chi connectivity index (χ0n) is 12.4. The fourth-order valence-corrected chi connectivity index (χ4v) is 3.04. The van der Waals surface area contributed by atoms with Crippen molar-refractivity contribution in [3.05, 3.63) is 0 Å². The van der Waals surface area contributed by atoms with Crippen LogP contribution >= 0.6 is 11.8 Å². The van der Waals surface area contributed by atoms with Gasteiger partial charge in [-0.3, -0.25) is 4.79 Å². The predicted octanol–water partition coefficient (Wildman–Crippen LogP) is 2.72. The lowest BCUT2D eigenvalue weighted by Crippen LogP contribution is -2.29. The third-order valence-electron chi connectivity index (χ3n) is 3.46. The second kappa shape index (κ2) is 9.28. The van der Waals surface area contributed by atoms with Crippen molar-refractivity contribution in [3.8, 4) is 12.3 Å². The molecule has 0 aromatic carbocycles. The summed E-state index contributed by atoms with van der Waals surface area (Å²) in [6.45, 7) is 4.27. The molecule has 0 saturated heterocycles. The van der Waals surface area contributed by atoms with Crippen molar-refractivity contribution < 1.29 is 14.6 Å². The summed E-state index contributed by atoms with van der Waals surface area (Å²) in [4.78, 5) is 11.7. The van der Waals surface area contributed by atoms with Gasteiger partial charge in [-0.2, -0.15) is 11.8 Å².